The van der Waals surface area contributed by atoms with Gasteiger partial charge in [-0.05, 0) is 76.5 Å². The van der Waals surface area contributed by atoms with Gasteiger partial charge in [0.15, 0.2) is 5.75 Å². The SMILES string of the molecule is O=S(=O)(O)c1ccc2c(N=Nc3ccc(-c4ccc(N=Nc5c(S(=O)(=O)O)cc6cc(S(=O)(=O)O)cc(O)c6c5O)cc4)cc3)c(O)ccc2c1. The Kier molecular flexibility index (Phi) is 8.79. The van der Waals surface area contributed by atoms with Crippen LogP contribution in [0.15, 0.2) is 132 Å². The highest BCUT2D eigenvalue weighted by Gasteiger charge is 2.25. The van der Waals surface area contributed by atoms with Crippen LogP contribution in [0.4, 0.5) is 22.7 Å². The molecule has 19 heteroatoms. The molecule has 6 rings (SSSR count). The van der Waals surface area contributed by atoms with E-state index in [1.807, 2.05) is 0 Å². The second kappa shape index (κ2) is 12.8. The minimum Gasteiger partial charge on any atom is -0.507 e. The van der Waals surface area contributed by atoms with Crippen LogP contribution >= 0.6 is 0 Å². The van der Waals surface area contributed by atoms with Gasteiger partial charge in [0.2, 0.25) is 0 Å². The maximum Gasteiger partial charge on any atom is 0.296 e. The number of nitrogens with zero attached hydrogens (tertiary/aromatic N) is 4. The van der Waals surface area contributed by atoms with E-state index in [0.29, 0.717) is 28.1 Å². The molecule has 0 spiro atoms. The van der Waals surface area contributed by atoms with Crippen molar-refractivity contribution in [2.75, 3.05) is 0 Å². The van der Waals surface area contributed by atoms with Crippen molar-refractivity contribution in [3.8, 4) is 28.4 Å². The predicted molar refractivity (Wildman–Crippen MR) is 183 cm³/mol. The van der Waals surface area contributed by atoms with Crippen LogP contribution < -0.4 is 0 Å². The van der Waals surface area contributed by atoms with Gasteiger partial charge < -0.3 is 15.3 Å². The zero-order valence-electron chi connectivity index (χ0n) is 25.4. The Labute approximate surface area is 288 Å². The Hall–Kier alpha value is -5.83. The first-order valence-corrected chi connectivity index (χ1v) is 18.5. The number of fused-ring (bicyclic) bond motifs is 2. The third-order valence-corrected chi connectivity index (χ3v) is 10.1. The number of benzene rings is 6. The van der Waals surface area contributed by atoms with E-state index in [0.717, 1.165) is 17.7 Å². The maximum atomic E-state index is 12.1. The van der Waals surface area contributed by atoms with Crippen LogP contribution in [0.2, 0.25) is 0 Å². The molecular formula is C32H22N4O12S3. The van der Waals surface area contributed by atoms with E-state index in [1.165, 1.54) is 42.5 Å². The first kappa shape index (κ1) is 35.0. The molecule has 0 radical (unpaired) electrons. The lowest BCUT2D eigenvalue weighted by molar-refractivity contribution is 0.457. The van der Waals surface area contributed by atoms with Crippen molar-refractivity contribution in [1.29, 1.82) is 0 Å². The van der Waals surface area contributed by atoms with Crippen LogP contribution in [0, 0.1) is 0 Å². The largest absolute Gasteiger partial charge is 0.507 e. The van der Waals surface area contributed by atoms with E-state index in [-0.39, 0.29) is 27.4 Å². The van der Waals surface area contributed by atoms with Gasteiger partial charge in [-0.2, -0.15) is 35.5 Å². The van der Waals surface area contributed by atoms with Gasteiger partial charge in [0.05, 0.1) is 26.6 Å². The second-order valence-electron chi connectivity index (χ2n) is 10.8. The highest BCUT2D eigenvalue weighted by molar-refractivity contribution is 7.86. The zero-order valence-corrected chi connectivity index (χ0v) is 27.8. The van der Waals surface area contributed by atoms with Gasteiger partial charge in [-0.25, -0.2) is 0 Å². The second-order valence-corrected chi connectivity index (χ2v) is 15.1. The Balaban J connectivity index is 1.25. The standard InChI is InChI=1S/C32H22N4O12S3/c37-26-12-5-19-13-23(49(40,41)42)10-11-25(19)30(26)35-33-21-6-1-17(2-7-21)18-3-8-22(9-4-18)34-36-31-28(51(46,47)48)15-20-14-24(50(43,44)45)16-27(38)29(20)32(31)39/h1-16,37-39H,(H,40,41,42)(H,43,44,45)(H,46,47,48). The molecule has 0 fully saturated rings. The zero-order chi connectivity index (χ0) is 36.9. The molecule has 16 nitrogen and oxygen atoms in total. The highest BCUT2D eigenvalue weighted by Crippen LogP contribution is 2.45. The van der Waals surface area contributed by atoms with Gasteiger partial charge >= 0.3 is 0 Å². The summed E-state index contributed by atoms with van der Waals surface area (Å²) in [4.78, 5) is -2.05. The molecule has 0 aromatic heterocycles. The summed E-state index contributed by atoms with van der Waals surface area (Å²) in [5, 5.41) is 47.6. The summed E-state index contributed by atoms with van der Waals surface area (Å²) >= 11 is 0. The normalized spacial score (nSPS) is 12.8. The number of azo groups is 2. The molecule has 0 bridgehead atoms. The summed E-state index contributed by atoms with van der Waals surface area (Å²) in [6, 6.07) is 21.9. The lowest BCUT2D eigenvalue weighted by atomic mass is 10.1. The van der Waals surface area contributed by atoms with Gasteiger partial charge in [0, 0.05) is 11.5 Å². The number of hydrogen-bond acceptors (Lipinski definition) is 13. The third-order valence-electron chi connectivity index (χ3n) is 7.52. The molecule has 6 aromatic carbocycles. The van der Waals surface area contributed by atoms with Crippen molar-refractivity contribution in [2.24, 2.45) is 20.5 Å². The molecular weight excluding hydrogens is 729 g/mol. The fourth-order valence-electron chi connectivity index (χ4n) is 5.08. The van der Waals surface area contributed by atoms with Gasteiger partial charge in [0.1, 0.15) is 27.8 Å². The molecule has 0 heterocycles. The number of phenolic OH excluding ortho intramolecular Hbond substituents is 3. The molecule has 0 amide bonds. The van der Waals surface area contributed by atoms with Crippen LogP contribution in [-0.2, 0) is 30.4 Å². The Morgan fingerprint density at radius 1 is 0.451 bits per heavy atom. The summed E-state index contributed by atoms with van der Waals surface area (Å²) in [5.74, 6) is -1.95. The number of aromatic hydroxyl groups is 3. The average Bonchev–Trinajstić information content (AvgIpc) is 3.06. The summed E-state index contributed by atoms with van der Waals surface area (Å²) in [6.07, 6.45) is 0. The minimum atomic E-state index is -5.06. The lowest BCUT2D eigenvalue weighted by Gasteiger charge is -2.11. The van der Waals surface area contributed by atoms with E-state index in [9.17, 15) is 54.2 Å². The molecule has 6 aromatic rings. The van der Waals surface area contributed by atoms with Gasteiger partial charge in [-0.15, -0.1) is 10.2 Å². The quantitative estimate of drug-likeness (QED) is 0.0658. The van der Waals surface area contributed by atoms with Crippen molar-refractivity contribution in [1.82, 2.24) is 0 Å². The van der Waals surface area contributed by atoms with E-state index in [4.69, 9.17) is 0 Å². The topological polar surface area (TPSA) is 273 Å². The fraction of sp³-hybridized carbons (Fsp3) is 0. The van der Waals surface area contributed by atoms with Crippen LogP contribution in [0.1, 0.15) is 0 Å². The van der Waals surface area contributed by atoms with Crippen molar-refractivity contribution in [2.45, 2.75) is 14.7 Å². The van der Waals surface area contributed by atoms with Gasteiger partial charge in [0.25, 0.3) is 30.4 Å². The smallest absolute Gasteiger partial charge is 0.296 e. The molecule has 0 saturated carbocycles. The summed E-state index contributed by atoms with van der Waals surface area (Å²) in [5.41, 5.74) is 1.41. The molecule has 0 aliphatic rings. The summed E-state index contributed by atoms with van der Waals surface area (Å²) < 4.78 is 98.8. The molecule has 0 aliphatic carbocycles. The maximum absolute atomic E-state index is 12.1. The van der Waals surface area contributed by atoms with Crippen molar-refractivity contribution in [3.05, 3.63) is 97.1 Å². The van der Waals surface area contributed by atoms with Crippen LogP contribution in [0.3, 0.4) is 0 Å². The van der Waals surface area contributed by atoms with Crippen LogP contribution in [0.5, 0.6) is 17.2 Å². The molecule has 0 saturated heterocycles. The van der Waals surface area contributed by atoms with Crippen molar-refractivity contribution >= 4 is 74.6 Å². The first-order valence-electron chi connectivity index (χ1n) is 14.1. The van der Waals surface area contributed by atoms with Crippen molar-refractivity contribution in [3.63, 3.8) is 0 Å². The van der Waals surface area contributed by atoms with E-state index < -0.39 is 62.7 Å². The fourth-order valence-corrected chi connectivity index (χ4v) is 6.79. The number of hydrogen-bond donors (Lipinski definition) is 6. The van der Waals surface area contributed by atoms with Gasteiger partial charge in [-0.3, -0.25) is 13.7 Å². The molecule has 0 atom stereocenters. The molecule has 0 unspecified atom stereocenters. The molecule has 51 heavy (non-hydrogen) atoms. The monoisotopic (exact) mass is 750 g/mol. The van der Waals surface area contributed by atoms with Crippen molar-refractivity contribution < 1.29 is 54.2 Å². The highest BCUT2D eigenvalue weighted by atomic mass is 32.2. The summed E-state index contributed by atoms with van der Waals surface area (Å²) in [6.45, 7) is 0. The van der Waals surface area contributed by atoms with Crippen LogP contribution in [0.25, 0.3) is 32.7 Å². The lowest BCUT2D eigenvalue weighted by Crippen LogP contribution is -2.01. The predicted octanol–water partition coefficient (Wildman–Crippen LogP) is 7.35. The molecule has 6 N–H and O–H groups in total. The Bertz CT molecular complexity index is 2790. The van der Waals surface area contributed by atoms with E-state index in [1.54, 1.807) is 36.4 Å². The third kappa shape index (κ3) is 7.24. The molecule has 0 aliphatic heterocycles. The van der Waals surface area contributed by atoms with E-state index >= 15 is 0 Å². The summed E-state index contributed by atoms with van der Waals surface area (Å²) in [7, 11) is -14.3. The van der Waals surface area contributed by atoms with E-state index in [2.05, 4.69) is 20.5 Å². The first-order chi connectivity index (χ1) is 23.9. The van der Waals surface area contributed by atoms with Crippen LogP contribution in [-0.4, -0.2) is 54.2 Å². The minimum absolute atomic E-state index is 0.0898. The Morgan fingerprint density at radius 3 is 1.51 bits per heavy atom. The van der Waals surface area contributed by atoms with Gasteiger partial charge in [-0.1, -0.05) is 36.4 Å². The average molecular weight is 751 g/mol. The molecule has 260 valence electrons. The number of rotatable bonds is 8. The Morgan fingerprint density at radius 2 is 0.980 bits per heavy atom. The number of phenols is 3.